The van der Waals surface area contributed by atoms with E-state index >= 15 is 0 Å². The molecule has 0 spiro atoms. The SMILES string of the molecule is Nc1ccc(-c2c(F)cccc2F)nc1Cl. The summed E-state index contributed by atoms with van der Waals surface area (Å²) < 4.78 is 26.8. The van der Waals surface area contributed by atoms with E-state index in [1.54, 1.807) is 0 Å². The fraction of sp³-hybridized carbons (Fsp3) is 0. The van der Waals surface area contributed by atoms with Gasteiger partial charge in [-0.3, -0.25) is 0 Å². The van der Waals surface area contributed by atoms with Crippen molar-refractivity contribution in [3.63, 3.8) is 0 Å². The van der Waals surface area contributed by atoms with Crippen LogP contribution in [0.5, 0.6) is 0 Å². The minimum absolute atomic E-state index is 0.0279. The normalized spacial score (nSPS) is 10.4. The zero-order valence-corrected chi connectivity index (χ0v) is 8.80. The third-order valence-electron chi connectivity index (χ3n) is 2.10. The maximum atomic E-state index is 13.4. The van der Waals surface area contributed by atoms with E-state index in [2.05, 4.69) is 4.98 Å². The molecule has 2 aromatic rings. The van der Waals surface area contributed by atoms with Gasteiger partial charge in [0.15, 0.2) is 5.15 Å². The van der Waals surface area contributed by atoms with E-state index in [-0.39, 0.29) is 22.1 Å². The van der Waals surface area contributed by atoms with Gasteiger partial charge in [0.05, 0.1) is 16.9 Å². The van der Waals surface area contributed by atoms with Gasteiger partial charge >= 0.3 is 0 Å². The first-order valence-electron chi connectivity index (χ1n) is 4.46. The van der Waals surface area contributed by atoms with Crippen LogP contribution >= 0.6 is 11.6 Å². The summed E-state index contributed by atoms with van der Waals surface area (Å²) in [6, 6.07) is 6.47. The average molecular weight is 241 g/mol. The molecule has 0 aliphatic carbocycles. The van der Waals surface area contributed by atoms with E-state index in [0.29, 0.717) is 0 Å². The Balaban J connectivity index is 2.63. The smallest absolute Gasteiger partial charge is 0.152 e. The van der Waals surface area contributed by atoms with Crippen molar-refractivity contribution in [1.29, 1.82) is 0 Å². The molecule has 0 saturated heterocycles. The van der Waals surface area contributed by atoms with Crippen LogP contribution in [0.25, 0.3) is 11.3 Å². The quantitative estimate of drug-likeness (QED) is 0.777. The van der Waals surface area contributed by atoms with Crippen molar-refractivity contribution in [1.82, 2.24) is 4.98 Å². The van der Waals surface area contributed by atoms with Gasteiger partial charge in [0.2, 0.25) is 0 Å². The third-order valence-corrected chi connectivity index (χ3v) is 2.40. The molecule has 16 heavy (non-hydrogen) atoms. The summed E-state index contributed by atoms with van der Waals surface area (Å²) in [6.07, 6.45) is 0. The van der Waals surface area contributed by atoms with Crippen molar-refractivity contribution in [2.45, 2.75) is 0 Å². The van der Waals surface area contributed by atoms with Gasteiger partial charge in [0, 0.05) is 0 Å². The molecule has 0 bridgehead atoms. The summed E-state index contributed by atoms with van der Waals surface area (Å²) in [7, 11) is 0. The summed E-state index contributed by atoms with van der Waals surface area (Å²) in [5, 5.41) is 0.0279. The lowest BCUT2D eigenvalue weighted by Gasteiger charge is -2.05. The van der Waals surface area contributed by atoms with Crippen LogP contribution in [-0.4, -0.2) is 4.98 Å². The molecule has 1 aromatic heterocycles. The number of halogens is 3. The Morgan fingerprint density at radius 3 is 2.25 bits per heavy atom. The van der Waals surface area contributed by atoms with Crippen LogP contribution in [0, 0.1) is 11.6 Å². The van der Waals surface area contributed by atoms with E-state index in [0.717, 1.165) is 12.1 Å². The highest BCUT2D eigenvalue weighted by atomic mass is 35.5. The molecule has 0 aliphatic heterocycles. The Bertz CT molecular complexity index is 523. The maximum absolute atomic E-state index is 13.4. The van der Waals surface area contributed by atoms with E-state index in [1.165, 1.54) is 18.2 Å². The van der Waals surface area contributed by atoms with Crippen molar-refractivity contribution >= 4 is 17.3 Å². The van der Waals surface area contributed by atoms with Crippen molar-refractivity contribution in [3.05, 3.63) is 47.1 Å². The topological polar surface area (TPSA) is 38.9 Å². The molecule has 0 radical (unpaired) electrons. The highest BCUT2D eigenvalue weighted by molar-refractivity contribution is 6.31. The summed E-state index contributed by atoms with van der Waals surface area (Å²) in [5.74, 6) is -1.37. The molecule has 0 atom stereocenters. The van der Waals surface area contributed by atoms with E-state index in [9.17, 15) is 8.78 Å². The standard InChI is InChI=1S/C11H7ClF2N2/c12-11-8(15)4-5-9(16-11)10-6(13)2-1-3-7(10)14/h1-5H,15H2. The Labute approximate surface area is 95.7 Å². The van der Waals surface area contributed by atoms with E-state index in [1.807, 2.05) is 0 Å². The van der Waals surface area contributed by atoms with Gasteiger partial charge in [-0.1, -0.05) is 17.7 Å². The molecule has 1 aromatic carbocycles. The van der Waals surface area contributed by atoms with Crippen LogP contribution in [-0.2, 0) is 0 Å². The number of rotatable bonds is 1. The molecule has 0 amide bonds. The zero-order valence-electron chi connectivity index (χ0n) is 8.05. The Morgan fingerprint density at radius 1 is 1.06 bits per heavy atom. The molecule has 82 valence electrons. The Kier molecular flexibility index (Phi) is 2.75. The highest BCUT2D eigenvalue weighted by Crippen LogP contribution is 2.27. The lowest BCUT2D eigenvalue weighted by atomic mass is 10.1. The number of aromatic nitrogens is 1. The molecule has 1 heterocycles. The lowest BCUT2D eigenvalue weighted by molar-refractivity contribution is 0.588. The van der Waals surface area contributed by atoms with Crippen LogP contribution in [0.4, 0.5) is 14.5 Å². The number of benzene rings is 1. The summed E-state index contributed by atoms with van der Waals surface area (Å²) in [6.45, 7) is 0. The number of nitrogens with zero attached hydrogens (tertiary/aromatic N) is 1. The van der Waals surface area contributed by atoms with Crippen LogP contribution in [0.1, 0.15) is 0 Å². The minimum atomic E-state index is -0.687. The molecule has 0 unspecified atom stereocenters. The first-order valence-corrected chi connectivity index (χ1v) is 4.84. The molecule has 0 fully saturated rings. The summed E-state index contributed by atoms with van der Waals surface area (Å²) in [4.78, 5) is 3.83. The van der Waals surface area contributed by atoms with Gasteiger partial charge in [0.1, 0.15) is 11.6 Å². The minimum Gasteiger partial charge on any atom is -0.396 e. The number of hydrogen-bond acceptors (Lipinski definition) is 2. The highest BCUT2D eigenvalue weighted by Gasteiger charge is 2.13. The van der Waals surface area contributed by atoms with Crippen LogP contribution in [0.2, 0.25) is 5.15 Å². The van der Waals surface area contributed by atoms with E-state index in [4.69, 9.17) is 17.3 Å². The van der Waals surface area contributed by atoms with Crippen molar-refractivity contribution < 1.29 is 8.78 Å². The Morgan fingerprint density at radius 2 is 1.69 bits per heavy atom. The van der Waals surface area contributed by atoms with E-state index < -0.39 is 11.6 Å². The average Bonchev–Trinajstić information content (AvgIpc) is 2.23. The zero-order chi connectivity index (χ0) is 11.7. The number of pyridine rings is 1. The molecule has 0 saturated carbocycles. The molecule has 0 aliphatic rings. The van der Waals surface area contributed by atoms with Crippen LogP contribution in [0.15, 0.2) is 30.3 Å². The van der Waals surface area contributed by atoms with Gasteiger partial charge < -0.3 is 5.73 Å². The second-order valence-electron chi connectivity index (χ2n) is 3.17. The maximum Gasteiger partial charge on any atom is 0.152 e. The van der Waals surface area contributed by atoms with Crippen LogP contribution < -0.4 is 5.73 Å². The van der Waals surface area contributed by atoms with Crippen molar-refractivity contribution in [2.24, 2.45) is 0 Å². The molecule has 5 heteroatoms. The molecule has 2 N–H and O–H groups in total. The van der Waals surface area contributed by atoms with Gasteiger partial charge in [-0.2, -0.15) is 0 Å². The predicted octanol–water partition coefficient (Wildman–Crippen LogP) is 3.26. The molecule has 2 rings (SSSR count). The fourth-order valence-electron chi connectivity index (χ4n) is 1.33. The van der Waals surface area contributed by atoms with Crippen LogP contribution in [0.3, 0.4) is 0 Å². The molecular formula is C11H7ClF2N2. The number of nitrogens with two attached hydrogens (primary N) is 1. The van der Waals surface area contributed by atoms with Gasteiger partial charge in [-0.05, 0) is 24.3 Å². The van der Waals surface area contributed by atoms with Gasteiger partial charge in [0.25, 0.3) is 0 Å². The largest absolute Gasteiger partial charge is 0.396 e. The number of hydrogen-bond donors (Lipinski definition) is 1. The van der Waals surface area contributed by atoms with Gasteiger partial charge in [-0.25, -0.2) is 13.8 Å². The first-order chi connectivity index (χ1) is 7.59. The van der Waals surface area contributed by atoms with Gasteiger partial charge in [-0.15, -0.1) is 0 Å². The monoisotopic (exact) mass is 240 g/mol. The number of anilines is 1. The summed E-state index contributed by atoms with van der Waals surface area (Å²) in [5.41, 5.74) is 5.64. The second kappa shape index (κ2) is 4.06. The Hall–Kier alpha value is -1.68. The summed E-state index contributed by atoms with van der Waals surface area (Å²) >= 11 is 5.69. The molecule has 2 nitrogen and oxygen atoms in total. The predicted molar refractivity (Wildman–Crippen MR) is 59.0 cm³/mol. The van der Waals surface area contributed by atoms with Crippen molar-refractivity contribution in [2.75, 3.05) is 5.73 Å². The first kappa shape index (κ1) is 10.8. The third kappa shape index (κ3) is 1.84. The lowest BCUT2D eigenvalue weighted by Crippen LogP contribution is -1.95. The van der Waals surface area contributed by atoms with Crippen molar-refractivity contribution in [3.8, 4) is 11.3 Å². The molecular weight excluding hydrogens is 234 g/mol. The second-order valence-corrected chi connectivity index (χ2v) is 3.53. The fourth-order valence-corrected chi connectivity index (χ4v) is 1.48. The number of nitrogen functional groups attached to an aromatic ring is 1.